The molecule has 1 aliphatic rings. The number of benzene rings is 1. The van der Waals surface area contributed by atoms with Crippen molar-refractivity contribution in [2.45, 2.75) is 63.9 Å². The largest absolute Gasteiger partial charge is 0.435 e. The Balaban J connectivity index is 1.61. The smallest absolute Gasteiger partial charge is 0.387 e. The van der Waals surface area contributed by atoms with E-state index in [9.17, 15) is 13.9 Å². The van der Waals surface area contributed by atoms with E-state index >= 15 is 0 Å². The Morgan fingerprint density at radius 3 is 2.85 bits per heavy atom. The van der Waals surface area contributed by atoms with Crippen molar-refractivity contribution >= 4 is 16.6 Å². The molecule has 0 saturated carbocycles. The van der Waals surface area contributed by atoms with E-state index in [1.807, 2.05) is 13.0 Å². The highest BCUT2D eigenvalue weighted by molar-refractivity contribution is 5.82. The van der Waals surface area contributed by atoms with Crippen LogP contribution in [0.25, 0.3) is 10.9 Å². The van der Waals surface area contributed by atoms with E-state index in [0.717, 1.165) is 36.8 Å². The first-order chi connectivity index (χ1) is 12.9. The van der Waals surface area contributed by atoms with Gasteiger partial charge in [-0.2, -0.15) is 8.78 Å². The summed E-state index contributed by atoms with van der Waals surface area (Å²) in [6.07, 6.45) is 4.86. The van der Waals surface area contributed by atoms with Gasteiger partial charge in [0, 0.05) is 17.5 Å². The first kappa shape index (κ1) is 19.8. The van der Waals surface area contributed by atoms with Crippen LogP contribution in [0.2, 0.25) is 0 Å². The van der Waals surface area contributed by atoms with Gasteiger partial charge in [0.15, 0.2) is 0 Å². The van der Waals surface area contributed by atoms with Crippen LogP contribution in [0.5, 0.6) is 5.75 Å². The number of halogens is 2. The second kappa shape index (κ2) is 8.35. The van der Waals surface area contributed by atoms with Gasteiger partial charge in [0.05, 0.1) is 35.7 Å². The van der Waals surface area contributed by atoms with Gasteiger partial charge >= 0.3 is 6.61 Å². The first-order valence-electron chi connectivity index (χ1n) is 9.32. The number of ether oxygens (including phenoxy) is 2. The zero-order valence-corrected chi connectivity index (χ0v) is 15.6. The quantitative estimate of drug-likeness (QED) is 0.748. The van der Waals surface area contributed by atoms with Gasteiger partial charge < -0.3 is 19.9 Å². The van der Waals surface area contributed by atoms with E-state index in [1.165, 1.54) is 12.1 Å². The third-order valence-electron chi connectivity index (χ3n) is 4.98. The maximum absolute atomic E-state index is 12.3. The number of pyridine rings is 1. The Morgan fingerprint density at radius 2 is 2.19 bits per heavy atom. The summed E-state index contributed by atoms with van der Waals surface area (Å²) in [5.41, 5.74) is 0.647. The van der Waals surface area contributed by atoms with Gasteiger partial charge in [0.2, 0.25) is 0 Å². The van der Waals surface area contributed by atoms with Gasteiger partial charge in [-0.05, 0) is 44.4 Å². The van der Waals surface area contributed by atoms with Gasteiger partial charge in [0.25, 0.3) is 0 Å². The number of aromatic nitrogens is 1. The molecule has 1 aromatic heterocycles. The van der Waals surface area contributed by atoms with Crippen molar-refractivity contribution in [2.24, 2.45) is 0 Å². The van der Waals surface area contributed by atoms with E-state index < -0.39 is 12.2 Å². The molecular weight excluding hydrogens is 354 g/mol. The molecule has 2 aromatic rings. The topological polar surface area (TPSA) is 63.6 Å². The maximum Gasteiger partial charge on any atom is 0.387 e. The third kappa shape index (κ3) is 5.05. The molecular formula is C20H26F2N2O3. The third-order valence-corrected chi connectivity index (χ3v) is 4.98. The Kier molecular flexibility index (Phi) is 6.11. The molecule has 5 nitrogen and oxygen atoms in total. The van der Waals surface area contributed by atoms with Gasteiger partial charge in [-0.15, -0.1) is 0 Å². The van der Waals surface area contributed by atoms with Crippen LogP contribution in [0, 0.1) is 0 Å². The lowest BCUT2D eigenvalue weighted by atomic mass is 9.88. The van der Waals surface area contributed by atoms with Crippen LogP contribution < -0.4 is 10.1 Å². The van der Waals surface area contributed by atoms with E-state index in [2.05, 4.69) is 22.0 Å². The van der Waals surface area contributed by atoms with Crippen molar-refractivity contribution in [3.63, 3.8) is 0 Å². The minimum atomic E-state index is -2.85. The van der Waals surface area contributed by atoms with Crippen LogP contribution in [0.1, 0.15) is 39.5 Å². The van der Waals surface area contributed by atoms with E-state index in [1.54, 1.807) is 12.3 Å². The molecule has 0 spiro atoms. The van der Waals surface area contributed by atoms with Gasteiger partial charge in [-0.3, -0.25) is 4.98 Å². The molecule has 0 bridgehead atoms. The highest BCUT2D eigenvalue weighted by atomic mass is 19.3. The molecule has 1 aliphatic heterocycles. The number of rotatable bonds is 7. The lowest BCUT2D eigenvalue weighted by molar-refractivity contribution is -0.123. The number of hydrogen-bond acceptors (Lipinski definition) is 5. The molecule has 3 atom stereocenters. The predicted molar refractivity (Wildman–Crippen MR) is 100 cm³/mol. The number of nitrogens with zero attached hydrogens (tertiary/aromatic N) is 1. The molecule has 2 N–H and O–H groups in total. The lowest BCUT2D eigenvalue weighted by Gasteiger charge is -2.38. The van der Waals surface area contributed by atoms with Gasteiger partial charge in [0.1, 0.15) is 5.75 Å². The molecule has 7 heteroatoms. The minimum absolute atomic E-state index is 0.0940. The maximum atomic E-state index is 12.3. The van der Waals surface area contributed by atoms with Crippen molar-refractivity contribution < 1.29 is 23.4 Å². The average molecular weight is 380 g/mol. The number of aliphatic hydroxyl groups is 1. The summed E-state index contributed by atoms with van der Waals surface area (Å²) in [6.45, 7) is 1.56. The van der Waals surface area contributed by atoms with Crippen LogP contribution in [0.4, 0.5) is 14.5 Å². The fourth-order valence-corrected chi connectivity index (χ4v) is 3.62. The molecule has 27 heavy (non-hydrogen) atoms. The van der Waals surface area contributed by atoms with E-state index in [-0.39, 0.29) is 17.9 Å². The Morgan fingerprint density at radius 1 is 1.37 bits per heavy atom. The summed E-state index contributed by atoms with van der Waals surface area (Å²) in [4.78, 5) is 4.32. The second-order valence-corrected chi connectivity index (χ2v) is 7.30. The fraction of sp³-hybridized carbons (Fsp3) is 0.550. The van der Waals surface area contributed by atoms with Crippen molar-refractivity contribution in [3.05, 3.63) is 30.5 Å². The van der Waals surface area contributed by atoms with Crippen LogP contribution in [0.15, 0.2) is 30.5 Å². The summed E-state index contributed by atoms with van der Waals surface area (Å²) in [5.74, 6) is 0.0940. The summed E-state index contributed by atoms with van der Waals surface area (Å²) in [7, 11) is 0. The monoisotopic (exact) mass is 380 g/mol. The molecule has 148 valence electrons. The van der Waals surface area contributed by atoms with Crippen molar-refractivity contribution in [2.75, 3.05) is 11.9 Å². The number of fused-ring (bicyclic) bond motifs is 1. The summed E-state index contributed by atoms with van der Waals surface area (Å²) in [5, 5.41) is 14.7. The highest BCUT2D eigenvalue weighted by Crippen LogP contribution is 2.29. The van der Waals surface area contributed by atoms with Crippen molar-refractivity contribution in [3.8, 4) is 5.75 Å². The molecule has 1 fully saturated rings. The molecule has 0 aliphatic carbocycles. The van der Waals surface area contributed by atoms with E-state index in [0.29, 0.717) is 12.1 Å². The van der Waals surface area contributed by atoms with Crippen LogP contribution in [-0.2, 0) is 4.74 Å². The zero-order valence-electron chi connectivity index (χ0n) is 15.6. The standard InChI is InChI=1S/C20H26F2N2O3/c1-3-8-20(2,25)18-7-5-14(12-26-18)24-15-9-13-4-6-16(27-19(21)22)10-17(13)23-11-15/h4,6,9-11,14,18-19,24-25H,3,5,7-8,12H2,1-2H3/t14?,18-,20?/m0/s1. The normalized spacial score (nSPS) is 22.6. The van der Waals surface area contributed by atoms with Gasteiger partial charge in [-0.25, -0.2) is 0 Å². The molecule has 1 aromatic carbocycles. The number of nitrogens with one attached hydrogen (secondary N) is 1. The Bertz CT molecular complexity index is 762. The average Bonchev–Trinajstić information content (AvgIpc) is 2.62. The molecule has 2 unspecified atom stereocenters. The second-order valence-electron chi connectivity index (χ2n) is 7.30. The highest BCUT2D eigenvalue weighted by Gasteiger charge is 2.35. The summed E-state index contributed by atoms with van der Waals surface area (Å²) >= 11 is 0. The predicted octanol–water partition coefficient (Wildman–Crippen LogP) is 4.35. The molecule has 1 saturated heterocycles. The van der Waals surface area contributed by atoms with Crippen molar-refractivity contribution in [1.29, 1.82) is 0 Å². The fourth-order valence-electron chi connectivity index (χ4n) is 3.62. The molecule has 0 radical (unpaired) electrons. The van der Waals surface area contributed by atoms with Crippen LogP contribution in [0.3, 0.4) is 0 Å². The van der Waals surface area contributed by atoms with Gasteiger partial charge in [-0.1, -0.05) is 13.3 Å². The summed E-state index contributed by atoms with van der Waals surface area (Å²) in [6, 6.07) is 6.77. The first-order valence-corrected chi connectivity index (χ1v) is 9.32. The Hall–Kier alpha value is -1.99. The number of hydrogen-bond donors (Lipinski definition) is 2. The zero-order chi connectivity index (χ0) is 19.4. The number of anilines is 1. The SMILES string of the molecule is CCCC(C)(O)[C@@H]1CCC(Nc2cnc3cc(OC(F)F)ccc3c2)CO1. The van der Waals surface area contributed by atoms with Crippen LogP contribution >= 0.6 is 0 Å². The molecule has 2 heterocycles. The minimum Gasteiger partial charge on any atom is -0.435 e. The molecule has 3 rings (SSSR count). The summed E-state index contributed by atoms with van der Waals surface area (Å²) < 4.78 is 34.9. The number of alkyl halides is 2. The molecule has 0 amide bonds. The van der Waals surface area contributed by atoms with E-state index in [4.69, 9.17) is 4.74 Å². The van der Waals surface area contributed by atoms with Crippen LogP contribution in [-0.4, -0.2) is 41.1 Å². The van der Waals surface area contributed by atoms with Crippen molar-refractivity contribution in [1.82, 2.24) is 4.98 Å². The lowest BCUT2D eigenvalue weighted by Crippen LogP contribution is -2.47. The Labute approximate surface area is 157 Å².